The number of fused-ring (bicyclic) bond motifs is 2. The lowest BCUT2D eigenvalue weighted by molar-refractivity contribution is 0.478. The highest BCUT2D eigenvalue weighted by Gasteiger charge is 2.10. The van der Waals surface area contributed by atoms with Gasteiger partial charge in [0.2, 0.25) is 0 Å². The van der Waals surface area contributed by atoms with Gasteiger partial charge in [0.05, 0.1) is 14.7 Å². The molecule has 0 aliphatic carbocycles. The minimum atomic E-state index is 0.659. The smallest absolute Gasteiger partial charge is 0.279 e. The normalized spacial score (nSPS) is 11.1. The zero-order valence-electron chi connectivity index (χ0n) is 10.9. The topological polar surface area (TPSA) is 22.1 Å². The van der Waals surface area contributed by atoms with Gasteiger partial charge >= 0.3 is 0 Å². The average molecular weight is 356 g/mol. The molecule has 0 saturated heterocycles. The summed E-state index contributed by atoms with van der Waals surface area (Å²) in [6, 6.07) is 20.3. The lowest BCUT2D eigenvalue weighted by Crippen LogP contribution is -1.85. The predicted molar refractivity (Wildman–Crippen MR) is 91.3 cm³/mol. The summed E-state index contributed by atoms with van der Waals surface area (Å²) in [6.45, 7) is 0. The van der Waals surface area contributed by atoms with Crippen LogP contribution in [0.1, 0.15) is 0 Å². The Morgan fingerprint density at radius 3 is 2.62 bits per heavy atom. The Labute approximate surface area is 134 Å². The van der Waals surface area contributed by atoms with Crippen LogP contribution in [0.15, 0.2) is 65.1 Å². The lowest BCUT2D eigenvalue weighted by Gasteiger charge is -2.07. The van der Waals surface area contributed by atoms with Gasteiger partial charge in [0.15, 0.2) is 0 Å². The van der Waals surface area contributed by atoms with Crippen LogP contribution in [0.5, 0.6) is 10.9 Å². The molecule has 0 unspecified atom stereocenters. The highest BCUT2D eigenvalue weighted by atomic mass is 79.9. The third-order valence-corrected chi connectivity index (χ3v) is 5.03. The van der Waals surface area contributed by atoms with Crippen LogP contribution in [0.4, 0.5) is 0 Å². The van der Waals surface area contributed by atoms with Crippen molar-refractivity contribution in [2.75, 3.05) is 0 Å². The molecule has 4 rings (SSSR count). The van der Waals surface area contributed by atoms with Crippen molar-refractivity contribution in [2.24, 2.45) is 0 Å². The molecule has 21 heavy (non-hydrogen) atoms. The summed E-state index contributed by atoms with van der Waals surface area (Å²) in [4.78, 5) is 4.50. The number of hydrogen-bond donors (Lipinski definition) is 0. The second-order valence-corrected chi connectivity index (χ2v) is 6.43. The van der Waals surface area contributed by atoms with Crippen molar-refractivity contribution < 1.29 is 4.74 Å². The fourth-order valence-electron chi connectivity index (χ4n) is 2.28. The molecule has 0 amide bonds. The van der Waals surface area contributed by atoms with E-state index in [4.69, 9.17) is 4.74 Å². The molecular weight excluding hydrogens is 346 g/mol. The van der Waals surface area contributed by atoms with E-state index in [2.05, 4.69) is 45.2 Å². The molecule has 4 heteroatoms. The molecule has 1 aromatic heterocycles. The second-order valence-electron chi connectivity index (χ2n) is 4.65. The minimum absolute atomic E-state index is 0.659. The Hall–Kier alpha value is -1.91. The van der Waals surface area contributed by atoms with Crippen molar-refractivity contribution in [3.63, 3.8) is 0 Å². The summed E-state index contributed by atoms with van der Waals surface area (Å²) in [5.74, 6) is 0.785. The van der Waals surface area contributed by atoms with Crippen molar-refractivity contribution >= 4 is 48.3 Å². The quantitative estimate of drug-likeness (QED) is 0.439. The number of thiazole rings is 1. The molecule has 0 bridgehead atoms. The van der Waals surface area contributed by atoms with Crippen molar-refractivity contribution in [3.8, 4) is 10.9 Å². The summed E-state index contributed by atoms with van der Waals surface area (Å²) >= 11 is 5.19. The van der Waals surface area contributed by atoms with E-state index in [0.717, 1.165) is 25.8 Å². The van der Waals surface area contributed by atoms with Crippen LogP contribution < -0.4 is 4.74 Å². The number of para-hydroxylation sites is 1. The molecule has 0 spiro atoms. The van der Waals surface area contributed by atoms with E-state index in [-0.39, 0.29) is 0 Å². The highest BCUT2D eigenvalue weighted by molar-refractivity contribution is 9.10. The van der Waals surface area contributed by atoms with Gasteiger partial charge in [-0.2, -0.15) is 0 Å². The molecule has 0 N–H and O–H groups in total. The summed E-state index contributed by atoms with van der Waals surface area (Å²) in [5.41, 5.74) is 0.967. The molecule has 0 aliphatic rings. The zero-order valence-corrected chi connectivity index (χ0v) is 13.3. The van der Waals surface area contributed by atoms with E-state index in [1.165, 1.54) is 5.39 Å². The molecule has 0 radical (unpaired) electrons. The number of ether oxygens (including phenoxy) is 1. The van der Waals surface area contributed by atoms with E-state index in [9.17, 15) is 0 Å². The third-order valence-electron chi connectivity index (χ3n) is 3.30. The fraction of sp³-hybridized carbons (Fsp3) is 0. The minimum Gasteiger partial charge on any atom is -0.430 e. The molecule has 0 aliphatic heterocycles. The number of nitrogens with zero attached hydrogens (tertiary/aromatic N) is 1. The van der Waals surface area contributed by atoms with Gasteiger partial charge in [0.1, 0.15) is 5.75 Å². The Morgan fingerprint density at radius 1 is 0.905 bits per heavy atom. The number of aromatic nitrogens is 1. The maximum atomic E-state index is 5.96. The summed E-state index contributed by atoms with van der Waals surface area (Å²) in [7, 11) is 0. The van der Waals surface area contributed by atoms with Crippen LogP contribution in [0.2, 0.25) is 0 Å². The van der Waals surface area contributed by atoms with Crippen molar-refractivity contribution in [1.82, 2.24) is 4.98 Å². The van der Waals surface area contributed by atoms with Gasteiger partial charge in [-0.3, -0.25) is 0 Å². The SMILES string of the molecule is Brc1c(Oc2nc3ccccc3s2)ccc2ccccc12. The summed E-state index contributed by atoms with van der Waals surface area (Å²) < 4.78 is 8.05. The largest absolute Gasteiger partial charge is 0.430 e. The van der Waals surface area contributed by atoms with E-state index in [1.807, 2.05) is 36.4 Å². The summed E-state index contributed by atoms with van der Waals surface area (Å²) in [5, 5.41) is 2.98. The molecule has 2 nitrogen and oxygen atoms in total. The average Bonchev–Trinajstić information content (AvgIpc) is 2.93. The first-order valence-corrected chi connectivity index (χ1v) is 8.13. The van der Waals surface area contributed by atoms with Gasteiger partial charge in [-0.1, -0.05) is 53.8 Å². The van der Waals surface area contributed by atoms with Crippen molar-refractivity contribution in [2.45, 2.75) is 0 Å². The van der Waals surface area contributed by atoms with Gasteiger partial charge in [-0.05, 0) is 44.9 Å². The first-order valence-electron chi connectivity index (χ1n) is 6.52. The number of rotatable bonds is 2. The lowest BCUT2D eigenvalue weighted by atomic mass is 10.1. The van der Waals surface area contributed by atoms with E-state index >= 15 is 0 Å². The monoisotopic (exact) mass is 355 g/mol. The number of hydrogen-bond acceptors (Lipinski definition) is 3. The molecule has 0 fully saturated rings. The van der Waals surface area contributed by atoms with Gasteiger partial charge in [-0.15, -0.1) is 0 Å². The van der Waals surface area contributed by atoms with Gasteiger partial charge in [0.25, 0.3) is 5.19 Å². The molecule has 102 valence electrons. The second kappa shape index (κ2) is 5.13. The van der Waals surface area contributed by atoms with Gasteiger partial charge in [-0.25, -0.2) is 4.98 Å². The third kappa shape index (κ3) is 2.30. The van der Waals surface area contributed by atoms with Crippen LogP contribution in [0, 0.1) is 0 Å². The Kier molecular flexibility index (Phi) is 3.13. The first-order chi connectivity index (χ1) is 10.3. The number of halogens is 1. The Morgan fingerprint density at radius 2 is 1.71 bits per heavy atom. The predicted octanol–water partition coefficient (Wildman–Crippen LogP) is 6.00. The van der Waals surface area contributed by atoms with Crippen LogP contribution in [0.3, 0.4) is 0 Å². The molecule has 0 atom stereocenters. The van der Waals surface area contributed by atoms with Crippen molar-refractivity contribution in [3.05, 3.63) is 65.1 Å². The van der Waals surface area contributed by atoms with E-state index in [0.29, 0.717) is 5.19 Å². The highest BCUT2D eigenvalue weighted by Crippen LogP contribution is 2.38. The van der Waals surface area contributed by atoms with Gasteiger partial charge in [0, 0.05) is 0 Å². The van der Waals surface area contributed by atoms with Crippen LogP contribution in [-0.2, 0) is 0 Å². The van der Waals surface area contributed by atoms with E-state index in [1.54, 1.807) is 11.3 Å². The maximum absolute atomic E-state index is 5.96. The van der Waals surface area contributed by atoms with E-state index < -0.39 is 0 Å². The molecule has 4 aromatic rings. The molecule has 3 aromatic carbocycles. The zero-order chi connectivity index (χ0) is 14.2. The maximum Gasteiger partial charge on any atom is 0.279 e. The summed E-state index contributed by atoms with van der Waals surface area (Å²) in [6.07, 6.45) is 0. The van der Waals surface area contributed by atoms with Crippen LogP contribution >= 0.6 is 27.3 Å². The molecule has 1 heterocycles. The fourth-order valence-corrected chi connectivity index (χ4v) is 3.68. The van der Waals surface area contributed by atoms with Crippen LogP contribution in [0.25, 0.3) is 21.0 Å². The number of benzene rings is 3. The Balaban J connectivity index is 1.78. The first kappa shape index (κ1) is 12.8. The van der Waals surface area contributed by atoms with Gasteiger partial charge < -0.3 is 4.74 Å². The molecular formula is C17H10BrNOS. The standard InChI is InChI=1S/C17H10BrNOS/c18-16-12-6-2-1-5-11(12)9-10-14(16)20-17-19-13-7-3-4-8-15(13)21-17/h1-10H. The van der Waals surface area contributed by atoms with Crippen molar-refractivity contribution in [1.29, 1.82) is 0 Å². The molecule has 0 saturated carbocycles. The Bertz CT molecular complexity index is 915. The van der Waals surface area contributed by atoms with Crippen LogP contribution in [-0.4, -0.2) is 4.98 Å².